The van der Waals surface area contributed by atoms with Gasteiger partial charge in [-0.15, -0.1) is 10.2 Å². The summed E-state index contributed by atoms with van der Waals surface area (Å²) in [7, 11) is -0.982. The quantitative estimate of drug-likeness (QED) is 0.712. The zero-order valence-corrected chi connectivity index (χ0v) is 16.1. The summed E-state index contributed by atoms with van der Waals surface area (Å²) in [5.74, 6) is 2.67. The fourth-order valence-electron chi connectivity index (χ4n) is 2.99. The first-order valence-corrected chi connectivity index (χ1v) is 11.2. The molecule has 10 heteroatoms. The van der Waals surface area contributed by atoms with Gasteiger partial charge in [0.25, 0.3) is 0 Å². The molecule has 1 aliphatic carbocycles. The summed E-state index contributed by atoms with van der Waals surface area (Å²) in [6, 6.07) is 1.73. The highest BCUT2D eigenvalue weighted by molar-refractivity contribution is 7.99. The van der Waals surface area contributed by atoms with Gasteiger partial charge in [0, 0.05) is 25.5 Å². The molecule has 2 fully saturated rings. The van der Waals surface area contributed by atoms with Crippen molar-refractivity contribution in [3.8, 4) is 0 Å². The Morgan fingerprint density at radius 1 is 1.28 bits per heavy atom. The van der Waals surface area contributed by atoms with Crippen molar-refractivity contribution in [3.63, 3.8) is 0 Å². The zero-order valence-electron chi connectivity index (χ0n) is 13.7. The van der Waals surface area contributed by atoms with Crippen LogP contribution in [0, 0.1) is 5.92 Å². The summed E-state index contributed by atoms with van der Waals surface area (Å²) >= 11 is 7.51. The Kier molecular flexibility index (Phi) is 4.49. The fraction of sp³-hybridized carbons (Fsp3) is 0.600. The van der Waals surface area contributed by atoms with E-state index >= 15 is 0 Å². The van der Waals surface area contributed by atoms with Gasteiger partial charge in [-0.1, -0.05) is 11.6 Å². The molecule has 0 spiro atoms. The number of aromatic nitrogens is 5. The average Bonchev–Trinajstić information content (AvgIpc) is 3.27. The van der Waals surface area contributed by atoms with Gasteiger partial charge in [0.05, 0.1) is 11.5 Å². The molecule has 7 nitrogen and oxygen atoms in total. The minimum absolute atomic E-state index is 0.126. The Balaban J connectivity index is 1.50. The molecule has 25 heavy (non-hydrogen) atoms. The predicted molar refractivity (Wildman–Crippen MR) is 94.6 cm³/mol. The van der Waals surface area contributed by atoms with Crippen LogP contribution >= 0.6 is 23.4 Å². The molecule has 2 aromatic heterocycles. The van der Waals surface area contributed by atoms with Crippen molar-refractivity contribution in [2.45, 2.75) is 41.8 Å². The largest absolute Gasteiger partial charge is 0.309 e. The SMILES string of the molecule is Cn1c(CC2CCS(=O)(=O)C2)nnc1Sc1cc(Cl)nc(C2CC2)n1. The molecule has 2 aliphatic rings. The van der Waals surface area contributed by atoms with Gasteiger partial charge in [0.15, 0.2) is 15.0 Å². The third-order valence-corrected chi connectivity index (χ3v) is 7.54. The van der Waals surface area contributed by atoms with Crippen LogP contribution in [0.4, 0.5) is 0 Å². The van der Waals surface area contributed by atoms with Crippen LogP contribution < -0.4 is 0 Å². The second kappa shape index (κ2) is 6.51. The van der Waals surface area contributed by atoms with Crippen LogP contribution in [0.5, 0.6) is 0 Å². The molecular weight excluding hydrogens is 382 g/mol. The lowest BCUT2D eigenvalue weighted by Gasteiger charge is -2.08. The van der Waals surface area contributed by atoms with Crippen LogP contribution in [0.3, 0.4) is 0 Å². The molecule has 1 atom stereocenters. The third-order valence-electron chi connectivity index (χ3n) is 4.55. The van der Waals surface area contributed by atoms with Gasteiger partial charge in [-0.3, -0.25) is 0 Å². The van der Waals surface area contributed by atoms with Gasteiger partial charge in [-0.2, -0.15) is 0 Å². The summed E-state index contributed by atoms with van der Waals surface area (Å²) in [6.07, 6.45) is 3.55. The molecular formula is C15H18ClN5O2S2. The molecule has 1 aliphatic heterocycles. The average molecular weight is 400 g/mol. The Morgan fingerprint density at radius 3 is 2.76 bits per heavy atom. The van der Waals surface area contributed by atoms with Gasteiger partial charge < -0.3 is 4.57 Å². The molecule has 0 aromatic carbocycles. The Morgan fingerprint density at radius 2 is 2.08 bits per heavy atom. The molecule has 0 bridgehead atoms. The van der Waals surface area contributed by atoms with Crippen molar-refractivity contribution >= 4 is 33.2 Å². The van der Waals surface area contributed by atoms with E-state index in [4.69, 9.17) is 11.6 Å². The van der Waals surface area contributed by atoms with Gasteiger partial charge >= 0.3 is 0 Å². The first-order valence-electron chi connectivity index (χ1n) is 8.20. The maximum absolute atomic E-state index is 11.6. The van der Waals surface area contributed by atoms with Crippen LogP contribution in [0.1, 0.15) is 36.8 Å². The van der Waals surface area contributed by atoms with E-state index in [9.17, 15) is 8.42 Å². The normalized spacial score (nSPS) is 22.4. The maximum atomic E-state index is 11.6. The summed E-state index contributed by atoms with van der Waals surface area (Å²) in [5, 5.41) is 10.4. The Labute approximate surface area is 155 Å². The standard InChI is InChI=1S/C15H18ClN5O2S2/c1-21-12(6-9-4-5-25(22,23)8-9)19-20-15(21)24-13-7-11(16)17-14(18-13)10-2-3-10/h7,9-10H,2-6,8H2,1H3. The van der Waals surface area contributed by atoms with Gasteiger partial charge in [0.1, 0.15) is 21.8 Å². The number of sulfone groups is 1. The molecule has 3 heterocycles. The van der Waals surface area contributed by atoms with Crippen LogP contribution in [-0.2, 0) is 23.3 Å². The number of halogens is 1. The van der Waals surface area contributed by atoms with E-state index in [0.29, 0.717) is 29.1 Å². The minimum atomic E-state index is -2.88. The number of hydrogen-bond donors (Lipinski definition) is 0. The lowest BCUT2D eigenvalue weighted by Crippen LogP contribution is -2.11. The second-order valence-electron chi connectivity index (χ2n) is 6.69. The van der Waals surface area contributed by atoms with E-state index in [1.54, 1.807) is 6.07 Å². The minimum Gasteiger partial charge on any atom is -0.309 e. The van der Waals surface area contributed by atoms with Crippen LogP contribution in [0.15, 0.2) is 16.2 Å². The lowest BCUT2D eigenvalue weighted by atomic mass is 10.1. The van der Waals surface area contributed by atoms with Crippen LogP contribution in [0.25, 0.3) is 0 Å². The van der Waals surface area contributed by atoms with Crippen molar-refractivity contribution in [2.75, 3.05) is 11.5 Å². The van der Waals surface area contributed by atoms with E-state index in [-0.39, 0.29) is 17.4 Å². The van der Waals surface area contributed by atoms with Gasteiger partial charge in [-0.25, -0.2) is 18.4 Å². The highest BCUT2D eigenvalue weighted by atomic mass is 35.5. The van der Waals surface area contributed by atoms with Crippen molar-refractivity contribution in [3.05, 3.63) is 22.9 Å². The van der Waals surface area contributed by atoms with Crippen LogP contribution in [0.2, 0.25) is 5.15 Å². The van der Waals surface area contributed by atoms with Gasteiger partial charge in [0.2, 0.25) is 0 Å². The van der Waals surface area contributed by atoms with Crippen molar-refractivity contribution < 1.29 is 8.42 Å². The van der Waals surface area contributed by atoms with Gasteiger partial charge in [-0.05, 0) is 36.9 Å². The molecule has 1 saturated heterocycles. The van der Waals surface area contributed by atoms with E-state index in [2.05, 4.69) is 20.2 Å². The molecule has 134 valence electrons. The molecule has 1 saturated carbocycles. The Hall–Kier alpha value is -1.19. The molecule has 0 amide bonds. The molecule has 2 aromatic rings. The third kappa shape index (κ3) is 3.98. The maximum Gasteiger partial charge on any atom is 0.197 e. The van der Waals surface area contributed by atoms with E-state index in [1.165, 1.54) is 11.8 Å². The first-order chi connectivity index (χ1) is 11.9. The highest BCUT2D eigenvalue weighted by Crippen LogP contribution is 2.39. The van der Waals surface area contributed by atoms with Crippen molar-refractivity contribution in [1.82, 2.24) is 24.7 Å². The smallest absolute Gasteiger partial charge is 0.197 e. The Bertz CT molecular complexity index is 911. The van der Waals surface area contributed by atoms with Crippen LogP contribution in [-0.4, -0.2) is 44.7 Å². The summed E-state index contributed by atoms with van der Waals surface area (Å²) in [5.41, 5.74) is 0. The summed E-state index contributed by atoms with van der Waals surface area (Å²) < 4.78 is 25.1. The molecule has 1 unspecified atom stereocenters. The molecule has 0 N–H and O–H groups in total. The molecule has 4 rings (SSSR count). The topological polar surface area (TPSA) is 90.6 Å². The van der Waals surface area contributed by atoms with E-state index < -0.39 is 9.84 Å². The molecule has 0 radical (unpaired) electrons. The number of hydrogen-bond acceptors (Lipinski definition) is 7. The number of nitrogens with zero attached hydrogens (tertiary/aromatic N) is 5. The monoisotopic (exact) mass is 399 g/mol. The zero-order chi connectivity index (χ0) is 17.6. The first kappa shape index (κ1) is 17.2. The highest BCUT2D eigenvalue weighted by Gasteiger charge is 2.30. The van der Waals surface area contributed by atoms with E-state index in [1.807, 2.05) is 11.6 Å². The predicted octanol–water partition coefficient (Wildman–Crippen LogP) is 2.26. The second-order valence-corrected chi connectivity index (χ2v) is 10.3. The number of rotatable bonds is 5. The fourth-order valence-corrected chi connectivity index (χ4v) is 5.92. The summed E-state index contributed by atoms with van der Waals surface area (Å²) in [4.78, 5) is 8.86. The lowest BCUT2D eigenvalue weighted by molar-refractivity contribution is 0.552. The summed E-state index contributed by atoms with van der Waals surface area (Å²) in [6.45, 7) is 0. The van der Waals surface area contributed by atoms with Crippen molar-refractivity contribution in [1.29, 1.82) is 0 Å². The van der Waals surface area contributed by atoms with Crippen molar-refractivity contribution in [2.24, 2.45) is 13.0 Å². The van der Waals surface area contributed by atoms with E-state index in [0.717, 1.165) is 29.5 Å².